The molecule has 160 valence electrons. The molecule has 0 radical (unpaired) electrons. The predicted octanol–water partition coefficient (Wildman–Crippen LogP) is 3.10. The molecule has 0 amide bonds. The van der Waals surface area contributed by atoms with E-state index in [0.717, 1.165) is 68.6 Å². The van der Waals surface area contributed by atoms with E-state index in [1.807, 2.05) is 23.7 Å². The van der Waals surface area contributed by atoms with E-state index in [0.29, 0.717) is 0 Å². The molecule has 0 spiro atoms. The minimum absolute atomic E-state index is 0.761. The number of ether oxygens (including phenoxy) is 2. The van der Waals surface area contributed by atoms with Crippen LogP contribution in [-0.4, -0.2) is 49.6 Å². The Hall–Kier alpha value is -2.70. The fourth-order valence-electron chi connectivity index (χ4n) is 3.19. The van der Waals surface area contributed by atoms with Gasteiger partial charge in [0, 0.05) is 31.9 Å². The van der Waals surface area contributed by atoms with Crippen LogP contribution in [0.5, 0.6) is 11.5 Å². The first kappa shape index (κ1) is 22.6. The number of aromatic nitrogens is 2. The quantitative estimate of drug-likeness (QED) is 0.344. The highest BCUT2D eigenvalue weighted by atomic mass is 16.5. The van der Waals surface area contributed by atoms with Crippen LogP contribution in [0.1, 0.15) is 36.7 Å². The van der Waals surface area contributed by atoms with Crippen molar-refractivity contribution in [2.75, 3.05) is 33.9 Å². The summed E-state index contributed by atoms with van der Waals surface area (Å²) >= 11 is 0. The summed E-state index contributed by atoms with van der Waals surface area (Å²) in [5.74, 6) is 2.40. The summed E-state index contributed by atoms with van der Waals surface area (Å²) in [6, 6.07) is 8.18. The molecule has 1 heterocycles. The molecule has 7 nitrogen and oxygen atoms in total. The number of nitrogens with one attached hydrogen (secondary N) is 2. The fourth-order valence-corrected chi connectivity index (χ4v) is 3.19. The lowest BCUT2D eigenvalue weighted by molar-refractivity contribution is 0.354. The Bertz CT molecular complexity index is 786. The first-order chi connectivity index (χ1) is 14.1. The van der Waals surface area contributed by atoms with Crippen LogP contribution in [0.2, 0.25) is 0 Å². The van der Waals surface area contributed by atoms with Crippen molar-refractivity contribution in [1.29, 1.82) is 0 Å². The summed E-state index contributed by atoms with van der Waals surface area (Å²) in [4.78, 5) is 4.68. The normalized spacial score (nSPS) is 11.4. The Morgan fingerprint density at radius 1 is 1.07 bits per heavy atom. The van der Waals surface area contributed by atoms with Crippen molar-refractivity contribution < 1.29 is 9.47 Å². The predicted molar refractivity (Wildman–Crippen MR) is 118 cm³/mol. The zero-order valence-corrected chi connectivity index (χ0v) is 18.4. The van der Waals surface area contributed by atoms with E-state index < -0.39 is 0 Å². The van der Waals surface area contributed by atoms with Gasteiger partial charge in [-0.05, 0) is 63.8 Å². The topological polar surface area (TPSA) is 72.7 Å². The molecule has 0 aliphatic rings. The molecule has 7 heteroatoms. The van der Waals surface area contributed by atoms with Crippen LogP contribution < -0.4 is 20.1 Å². The Kier molecular flexibility index (Phi) is 9.34. The minimum Gasteiger partial charge on any atom is -0.493 e. The Morgan fingerprint density at radius 2 is 1.86 bits per heavy atom. The molecule has 1 aromatic heterocycles. The van der Waals surface area contributed by atoms with Crippen molar-refractivity contribution in [3.05, 3.63) is 41.2 Å². The fraction of sp³-hybridized carbons (Fsp3) is 0.545. The monoisotopic (exact) mass is 401 g/mol. The number of rotatable bonds is 11. The summed E-state index contributed by atoms with van der Waals surface area (Å²) in [6.07, 6.45) is 2.93. The van der Waals surface area contributed by atoms with Gasteiger partial charge in [-0.3, -0.25) is 9.67 Å². The van der Waals surface area contributed by atoms with Crippen LogP contribution in [0.25, 0.3) is 0 Å². The second kappa shape index (κ2) is 12.0. The molecule has 0 fully saturated rings. The second-order valence-electron chi connectivity index (χ2n) is 6.98. The lowest BCUT2D eigenvalue weighted by Crippen LogP contribution is -2.38. The zero-order valence-electron chi connectivity index (χ0n) is 18.4. The average Bonchev–Trinajstić information content (AvgIpc) is 3.04. The summed E-state index contributed by atoms with van der Waals surface area (Å²) < 4.78 is 12.7. The van der Waals surface area contributed by atoms with Gasteiger partial charge >= 0.3 is 0 Å². The molecular formula is C22H35N5O2. The summed E-state index contributed by atoms with van der Waals surface area (Å²) in [7, 11) is 3.32. The molecular weight excluding hydrogens is 366 g/mol. The van der Waals surface area contributed by atoms with E-state index >= 15 is 0 Å². The van der Waals surface area contributed by atoms with Crippen LogP contribution in [0.4, 0.5) is 0 Å². The maximum atomic E-state index is 5.37. The van der Waals surface area contributed by atoms with Crippen LogP contribution >= 0.6 is 0 Å². The number of hydrogen-bond acceptors (Lipinski definition) is 4. The van der Waals surface area contributed by atoms with Crippen molar-refractivity contribution in [3.63, 3.8) is 0 Å². The Labute approximate surface area is 174 Å². The maximum absolute atomic E-state index is 5.37. The van der Waals surface area contributed by atoms with Crippen molar-refractivity contribution in [2.24, 2.45) is 4.99 Å². The lowest BCUT2D eigenvalue weighted by atomic mass is 10.1. The molecule has 2 aromatic rings. The zero-order chi connectivity index (χ0) is 21.1. The van der Waals surface area contributed by atoms with Crippen molar-refractivity contribution >= 4 is 5.96 Å². The average molecular weight is 402 g/mol. The summed E-state index contributed by atoms with van der Waals surface area (Å²) in [5.41, 5.74) is 3.50. The number of hydrogen-bond donors (Lipinski definition) is 2. The molecule has 29 heavy (non-hydrogen) atoms. The number of benzene rings is 1. The van der Waals surface area contributed by atoms with Crippen LogP contribution in [0.15, 0.2) is 29.3 Å². The van der Waals surface area contributed by atoms with Gasteiger partial charge in [-0.25, -0.2) is 0 Å². The minimum atomic E-state index is 0.761. The highest BCUT2D eigenvalue weighted by Gasteiger charge is 2.05. The molecule has 2 rings (SSSR count). The van der Waals surface area contributed by atoms with Gasteiger partial charge in [0.2, 0.25) is 0 Å². The third kappa shape index (κ3) is 7.33. The van der Waals surface area contributed by atoms with Gasteiger partial charge in [-0.1, -0.05) is 6.07 Å². The number of methoxy groups -OCH3 is 2. The van der Waals surface area contributed by atoms with E-state index in [4.69, 9.17) is 9.47 Å². The van der Waals surface area contributed by atoms with E-state index in [1.54, 1.807) is 14.2 Å². The number of nitrogens with zero attached hydrogens (tertiary/aromatic N) is 3. The maximum Gasteiger partial charge on any atom is 0.191 e. The van der Waals surface area contributed by atoms with Gasteiger partial charge in [-0.15, -0.1) is 0 Å². The van der Waals surface area contributed by atoms with E-state index in [2.05, 4.69) is 46.7 Å². The Morgan fingerprint density at radius 3 is 2.52 bits per heavy atom. The van der Waals surface area contributed by atoms with Gasteiger partial charge < -0.3 is 20.1 Å². The molecule has 0 saturated heterocycles. The van der Waals surface area contributed by atoms with Crippen molar-refractivity contribution in [2.45, 2.75) is 46.6 Å². The van der Waals surface area contributed by atoms with E-state index in [1.165, 1.54) is 11.3 Å². The van der Waals surface area contributed by atoms with Gasteiger partial charge in [0.15, 0.2) is 17.5 Å². The molecule has 0 atom stereocenters. The third-order valence-electron chi connectivity index (χ3n) is 4.63. The number of aryl methyl sites for hydroxylation is 4. The first-order valence-electron chi connectivity index (χ1n) is 10.3. The summed E-state index contributed by atoms with van der Waals surface area (Å²) in [6.45, 7) is 9.56. The van der Waals surface area contributed by atoms with E-state index in [9.17, 15) is 0 Å². The van der Waals surface area contributed by atoms with Gasteiger partial charge in [-0.2, -0.15) is 5.10 Å². The molecule has 0 aliphatic heterocycles. The van der Waals surface area contributed by atoms with Gasteiger partial charge in [0.05, 0.1) is 19.9 Å². The first-order valence-corrected chi connectivity index (χ1v) is 10.3. The molecule has 0 aliphatic carbocycles. The number of guanidine groups is 1. The van der Waals surface area contributed by atoms with Crippen molar-refractivity contribution in [1.82, 2.24) is 20.4 Å². The molecule has 2 N–H and O–H groups in total. The summed E-state index contributed by atoms with van der Waals surface area (Å²) in [5, 5.41) is 11.2. The van der Waals surface area contributed by atoms with Gasteiger partial charge in [0.25, 0.3) is 0 Å². The smallest absolute Gasteiger partial charge is 0.191 e. The van der Waals surface area contributed by atoms with E-state index in [-0.39, 0.29) is 0 Å². The van der Waals surface area contributed by atoms with Gasteiger partial charge in [0.1, 0.15) is 0 Å². The highest BCUT2D eigenvalue weighted by molar-refractivity contribution is 5.79. The SMILES string of the molecule is CCNC(=NCCCn1nc(C)cc1C)NCCCc1ccc(OC)c(OC)c1. The molecule has 1 aromatic carbocycles. The standard InChI is InChI=1S/C22H35N5O2/c1-6-23-22(25-13-8-14-27-18(3)15-17(2)26-27)24-12-7-9-19-10-11-20(28-4)21(16-19)29-5/h10-11,15-16H,6-9,12-14H2,1-5H3,(H2,23,24,25). The lowest BCUT2D eigenvalue weighted by Gasteiger charge is -2.12. The van der Waals surface area contributed by atoms with Crippen molar-refractivity contribution in [3.8, 4) is 11.5 Å². The second-order valence-corrected chi connectivity index (χ2v) is 6.98. The van der Waals surface area contributed by atoms with Crippen LogP contribution in [0, 0.1) is 13.8 Å². The molecule has 0 saturated carbocycles. The van der Waals surface area contributed by atoms with Crippen LogP contribution in [0.3, 0.4) is 0 Å². The molecule has 0 bridgehead atoms. The highest BCUT2D eigenvalue weighted by Crippen LogP contribution is 2.27. The molecule has 0 unspecified atom stereocenters. The Balaban J connectivity index is 1.75. The third-order valence-corrected chi connectivity index (χ3v) is 4.63. The number of aliphatic imine (C=N–C) groups is 1. The van der Waals surface area contributed by atoms with Crippen LogP contribution in [-0.2, 0) is 13.0 Å². The largest absolute Gasteiger partial charge is 0.493 e.